The lowest BCUT2D eigenvalue weighted by atomic mass is 10.1. The molecular formula is C18H20N4O4S. The van der Waals surface area contributed by atoms with Crippen molar-refractivity contribution in [1.82, 2.24) is 19.8 Å². The monoisotopic (exact) mass is 388 g/mol. The molecule has 0 unspecified atom stereocenters. The van der Waals surface area contributed by atoms with Crippen LogP contribution in [0.15, 0.2) is 41.1 Å². The highest BCUT2D eigenvalue weighted by molar-refractivity contribution is 7.88. The second-order valence-corrected chi connectivity index (χ2v) is 8.41. The van der Waals surface area contributed by atoms with Crippen molar-refractivity contribution in [3.63, 3.8) is 0 Å². The molecule has 0 saturated carbocycles. The van der Waals surface area contributed by atoms with Crippen molar-refractivity contribution >= 4 is 20.9 Å². The van der Waals surface area contributed by atoms with Gasteiger partial charge in [0, 0.05) is 18.1 Å². The molecule has 8 nitrogen and oxygen atoms in total. The minimum Gasteiger partial charge on any atom is -0.364 e. The molecule has 27 heavy (non-hydrogen) atoms. The van der Waals surface area contributed by atoms with Gasteiger partial charge in [0.15, 0.2) is 5.82 Å². The van der Waals surface area contributed by atoms with E-state index in [2.05, 4.69) is 19.8 Å². The van der Waals surface area contributed by atoms with Gasteiger partial charge in [-0.3, -0.25) is 4.98 Å². The van der Waals surface area contributed by atoms with E-state index >= 15 is 0 Å². The van der Waals surface area contributed by atoms with Gasteiger partial charge in [0.25, 0.3) is 5.89 Å². The number of aryl methyl sites for hydroxylation is 1. The van der Waals surface area contributed by atoms with Crippen LogP contribution in [0.1, 0.15) is 36.2 Å². The average Bonchev–Trinajstić information content (AvgIpc) is 3.29. The molecule has 1 saturated heterocycles. The molecular weight excluding hydrogens is 368 g/mol. The van der Waals surface area contributed by atoms with Gasteiger partial charge < -0.3 is 9.26 Å². The van der Waals surface area contributed by atoms with Gasteiger partial charge in [-0.05, 0) is 31.4 Å². The Kier molecular flexibility index (Phi) is 4.90. The smallest absolute Gasteiger partial charge is 0.255 e. The fourth-order valence-corrected chi connectivity index (χ4v) is 4.43. The maximum atomic E-state index is 12.5. The topological polar surface area (TPSA) is 107 Å². The van der Waals surface area contributed by atoms with Crippen LogP contribution in [0.3, 0.4) is 0 Å². The highest BCUT2D eigenvalue weighted by Crippen LogP contribution is 2.31. The third kappa shape index (κ3) is 4.15. The van der Waals surface area contributed by atoms with Crippen molar-refractivity contribution in [2.24, 2.45) is 0 Å². The first-order valence-electron chi connectivity index (χ1n) is 8.76. The van der Waals surface area contributed by atoms with E-state index in [1.807, 2.05) is 24.3 Å². The van der Waals surface area contributed by atoms with Gasteiger partial charge in [0.05, 0.1) is 17.4 Å². The summed E-state index contributed by atoms with van der Waals surface area (Å²) < 4.78 is 38.7. The zero-order valence-corrected chi connectivity index (χ0v) is 15.6. The Morgan fingerprint density at radius 3 is 2.89 bits per heavy atom. The van der Waals surface area contributed by atoms with E-state index in [0.717, 1.165) is 18.2 Å². The van der Waals surface area contributed by atoms with E-state index < -0.39 is 10.0 Å². The molecule has 142 valence electrons. The molecule has 1 N–H and O–H groups in total. The number of rotatable bonds is 6. The van der Waals surface area contributed by atoms with Crippen LogP contribution in [-0.4, -0.2) is 36.2 Å². The Morgan fingerprint density at radius 1 is 1.22 bits per heavy atom. The quantitative estimate of drug-likeness (QED) is 0.690. The summed E-state index contributed by atoms with van der Waals surface area (Å²) in [5.41, 5.74) is 1.38. The molecule has 9 heteroatoms. The first kappa shape index (κ1) is 18.0. The Balaban J connectivity index is 1.38. The zero-order chi connectivity index (χ0) is 18.9. The molecule has 4 rings (SSSR count). The van der Waals surface area contributed by atoms with Gasteiger partial charge in [-0.1, -0.05) is 29.4 Å². The first-order chi connectivity index (χ1) is 13.0. The summed E-state index contributed by atoms with van der Waals surface area (Å²) in [4.78, 5) is 8.48. The molecule has 2 aromatic heterocycles. The SMILES string of the molecule is Cc1noc([C@@H]2CC[C@H](CNS(=O)(=O)Cc3cccc4cccnc34)O2)n1. The van der Waals surface area contributed by atoms with Crippen LogP contribution >= 0.6 is 0 Å². The number of nitrogens with one attached hydrogen (secondary N) is 1. The van der Waals surface area contributed by atoms with E-state index in [1.54, 1.807) is 19.2 Å². The second kappa shape index (κ2) is 7.34. The fourth-order valence-electron chi connectivity index (χ4n) is 3.24. The molecule has 1 aliphatic rings. The largest absolute Gasteiger partial charge is 0.364 e. The van der Waals surface area contributed by atoms with E-state index in [1.165, 1.54) is 0 Å². The Hall–Kier alpha value is -2.36. The Morgan fingerprint density at radius 2 is 2.07 bits per heavy atom. The van der Waals surface area contributed by atoms with Crippen molar-refractivity contribution < 1.29 is 17.7 Å². The molecule has 1 fully saturated rings. The number of sulfonamides is 1. The summed E-state index contributed by atoms with van der Waals surface area (Å²) in [5, 5.41) is 4.68. The lowest BCUT2D eigenvalue weighted by Gasteiger charge is -2.13. The van der Waals surface area contributed by atoms with Crippen LogP contribution in [0, 0.1) is 6.92 Å². The van der Waals surface area contributed by atoms with E-state index in [9.17, 15) is 8.42 Å². The van der Waals surface area contributed by atoms with Crippen LogP contribution in [0.4, 0.5) is 0 Å². The Labute approximate surface area is 157 Å². The number of fused-ring (bicyclic) bond motifs is 1. The molecule has 2 atom stereocenters. The van der Waals surface area contributed by atoms with Gasteiger partial charge >= 0.3 is 0 Å². The number of benzene rings is 1. The minimum atomic E-state index is -3.51. The van der Waals surface area contributed by atoms with Crippen molar-refractivity contribution in [1.29, 1.82) is 0 Å². The van der Waals surface area contributed by atoms with Gasteiger partial charge in [-0.25, -0.2) is 13.1 Å². The number of ether oxygens (including phenoxy) is 1. The van der Waals surface area contributed by atoms with Gasteiger partial charge in [0.1, 0.15) is 6.10 Å². The number of nitrogens with zero attached hydrogens (tertiary/aromatic N) is 3. The van der Waals surface area contributed by atoms with Crippen LogP contribution in [-0.2, 0) is 20.5 Å². The predicted molar refractivity (Wildman–Crippen MR) is 98.3 cm³/mol. The number of aromatic nitrogens is 3. The molecule has 3 heterocycles. The van der Waals surface area contributed by atoms with Crippen LogP contribution in [0.25, 0.3) is 10.9 Å². The average molecular weight is 388 g/mol. The van der Waals surface area contributed by atoms with Gasteiger partial charge in [0.2, 0.25) is 10.0 Å². The summed E-state index contributed by atoms with van der Waals surface area (Å²) >= 11 is 0. The molecule has 0 spiro atoms. The minimum absolute atomic E-state index is 0.125. The molecule has 3 aromatic rings. The highest BCUT2D eigenvalue weighted by Gasteiger charge is 2.31. The Bertz CT molecular complexity index is 1040. The van der Waals surface area contributed by atoms with Crippen molar-refractivity contribution in [2.75, 3.05) is 6.54 Å². The van der Waals surface area contributed by atoms with E-state index in [-0.39, 0.29) is 24.5 Å². The summed E-state index contributed by atoms with van der Waals surface area (Å²) in [6.07, 6.45) is 2.62. The van der Waals surface area contributed by atoms with E-state index in [4.69, 9.17) is 9.26 Å². The third-order valence-corrected chi connectivity index (χ3v) is 5.82. The van der Waals surface area contributed by atoms with Crippen LogP contribution in [0.5, 0.6) is 0 Å². The van der Waals surface area contributed by atoms with Gasteiger partial charge in [-0.15, -0.1) is 0 Å². The molecule has 0 aliphatic carbocycles. The number of hydrogen-bond acceptors (Lipinski definition) is 7. The summed E-state index contributed by atoms with van der Waals surface area (Å²) in [5.74, 6) is 0.876. The number of hydrogen-bond donors (Lipinski definition) is 1. The maximum absolute atomic E-state index is 12.5. The van der Waals surface area contributed by atoms with Crippen LogP contribution < -0.4 is 4.72 Å². The number of pyridine rings is 1. The molecule has 0 radical (unpaired) electrons. The predicted octanol–water partition coefficient (Wildman–Crippen LogP) is 2.27. The molecule has 1 aliphatic heterocycles. The van der Waals surface area contributed by atoms with E-state index in [0.29, 0.717) is 22.8 Å². The van der Waals surface area contributed by atoms with Crippen LogP contribution in [0.2, 0.25) is 0 Å². The summed E-state index contributed by atoms with van der Waals surface area (Å²) in [6, 6.07) is 9.29. The first-order valence-corrected chi connectivity index (χ1v) is 10.4. The normalized spacial score (nSPS) is 20.3. The third-order valence-electron chi connectivity index (χ3n) is 4.52. The maximum Gasteiger partial charge on any atom is 0.255 e. The lowest BCUT2D eigenvalue weighted by molar-refractivity contribution is 0.0290. The zero-order valence-electron chi connectivity index (χ0n) is 14.8. The summed E-state index contributed by atoms with van der Waals surface area (Å²) in [7, 11) is -3.51. The van der Waals surface area contributed by atoms with Crippen molar-refractivity contribution in [3.8, 4) is 0 Å². The lowest BCUT2D eigenvalue weighted by Crippen LogP contribution is -2.32. The molecule has 1 aromatic carbocycles. The second-order valence-electron chi connectivity index (χ2n) is 6.60. The molecule has 0 amide bonds. The molecule has 0 bridgehead atoms. The van der Waals surface area contributed by atoms with Gasteiger partial charge in [-0.2, -0.15) is 4.98 Å². The van der Waals surface area contributed by atoms with Crippen molar-refractivity contribution in [2.45, 2.75) is 37.7 Å². The fraction of sp³-hybridized carbons (Fsp3) is 0.389. The standard InChI is InChI=1S/C18H20N4O4S/c1-12-21-18(26-22-12)16-8-7-15(25-16)10-20-27(23,24)11-14-5-2-4-13-6-3-9-19-17(13)14/h2-6,9,15-16,20H,7-8,10-11H2,1H3/t15-,16+/m1/s1. The highest BCUT2D eigenvalue weighted by atomic mass is 32.2. The number of para-hydroxylation sites is 1. The summed E-state index contributed by atoms with van der Waals surface area (Å²) in [6.45, 7) is 1.96. The van der Waals surface area contributed by atoms with Crippen molar-refractivity contribution in [3.05, 3.63) is 53.8 Å².